The van der Waals surface area contributed by atoms with Crippen molar-refractivity contribution in [2.24, 2.45) is 7.05 Å². The maximum absolute atomic E-state index is 13.3. The van der Waals surface area contributed by atoms with E-state index in [1.807, 2.05) is 36.1 Å². The second-order valence-electron chi connectivity index (χ2n) is 10.5. The normalized spacial score (nSPS) is 19.8. The lowest BCUT2D eigenvalue weighted by Gasteiger charge is -2.38. The van der Waals surface area contributed by atoms with Crippen molar-refractivity contribution >= 4 is 23.4 Å². The van der Waals surface area contributed by atoms with Gasteiger partial charge in [0.15, 0.2) is 0 Å². The molecule has 0 aliphatic carbocycles. The van der Waals surface area contributed by atoms with Crippen molar-refractivity contribution in [3.05, 3.63) is 66.0 Å². The van der Waals surface area contributed by atoms with Gasteiger partial charge in [0.2, 0.25) is 11.8 Å². The van der Waals surface area contributed by atoms with Gasteiger partial charge in [0.1, 0.15) is 17.2 Å². The first kappa shape index (κ1) is 29.1. The average molecular weight is 577 g/mol. The van der Waals surface area contributed by atoms with Crippen LogP contribution in [0.15, 0.2) is 54.9 Å². The number of likely N-dealkylation sites (tertiary alicyclic amines) is 1. The van der Waals surface area contributed by atoms with E-state index in [2.05, 4.69) is 15.7 Å². The van der Waals surface area contributed by atoms with Crippen LogP contribution in [-0.4, -0.2) is 89.3 Å². The number of ether oxygens (including phenoxy) is 3. The van der Waals surface area contributed by atoms with Gasteiger partial charge in [-0.15, -0.1) is 0 Å². The minimum Gasteiger partial charge on any atom is -0.494 e. The smallest absolute Gasteiger partial charge is 0.254 e. The third-order valence-electron chi connectivity index (χ3n) is 7.10. The number of nitrogens with zero attached hydrogens (tertiary/aromatic N) is 4. The fourth-order valence-electron chi connectivity index (χ4n) is 5.17. The zero-order valence-electron chi connectivity index (χ0n) is 24.0. The Morgan fingerprint density at radius 2 is 2.02 bits per heavy atom. The van der Waals surface area contributed by atoms with Gasteiger partial charge >= 0.3 is 0 Å². The highest BCUT2D eigenvalue weighted by molar-refractivity contribution is 5.97. The van der Waals surface area contributed by atoms with Crippen LogP contribution in [0.3, 0.4) is 0 Å². The standard InChI is InChI=1S/C30H36N6O6/c1-4-40-24-11-21-12-25(13-24)42-23-7-5-6-20(10-23)19-41-27-8-9-36(18-29(38)32-22-14-31-35(3)15-22)16-26(27)33-28(37)17-34(2)30(21)39/h5-7,10-15,26-27H,4,8-9,16-19H2,1-3H3,(H,32,38)(H,33,37)/t26-,27+/m1/s1. The van der Waals surface area contributed by atoms with E-state index in [1.54, 1.807) is 49.4 Å². The summed E-state index contributed by atoms with van der Waals surface area (Å²) in [6, 6.07) is 12.2. The number of hydrogen-bond donors (Lipinski definition) is 2. The SMILES string of the molecule is CCOc1cc2cc(c1)C(=O)N(C)CC(=O)N[C@@H]1CN(CC(=O)Nc3cnn(C)c3)CC[C@@H]1OCc1cccc(c1)O2. The highest BCUT2D eigenvalue weighted by Gasteiger charge is 2.32. The number of aryl methyl sites for hydroxylation is 1. The maximum atomic E-state index is 13.3. The van der Waals surface area contributed by atoms with Crippen LogP contribution in [0.1, 0.15) is 29.3 Å². The number of nitrogens with one attached hydrogen (secondary N) is 2. The molecule has 3 aromatic rings. The third-order valence-corrected chi connectivity index (χ3v) is 7.10. The van der Waals surface area contributed by atoms with Gasteiger partial charge in [-0.2, -0.15) is 5.10 Å². The summed E-state index contributed by atoms with van der Waals surface area (Å²) in [7, 11) is 3.36. The summed E-state index contributed by atoms with van der Waals surface area (Å²) in [4.78, 5) is 42.6. The van der Waals surface area contributed by atoms with E-state index in [1.165, 1.54) is 4.90 Å². The van der Waals surface area contributed by atoms with Crippen molar-refractivity contribution in [1.29, 1.82) is 0 Å². The molecular formula is C30H36N6O6. The molecule has 1 saturated heterocycles. The Balaban J connectivity index is 1.35. The first-order valence-corrected chi connectivity index (χ1v) is 14.0. The number of amides is 3. The Hall–Kier alpha value is -4.42. The second-order valence-corrected chi connectivity index (χ2v) is 10.5. The molecule has 1 aromatic heterocycles. The first-order chi connectivity index (χ1) is 20.2. The van der Waals surface area contributed by atoms with Crippen LogP contribution in [0, 0.1) is 0 Å². The molecule has 12 nitrogen and oxygen atoms in total. The van der Waals surface area contributed by atoms with Crippen molar-refractivity contribution in [1.82, 2.24) is 24.9 Å². The molecule has 4 bridgehead atoms. The summed E-state index contributed by atoms with van der Waals surface area (Å²) in [5.41, 5.74) is 1.87. The van der Waals surface area contributed by atoms with Gasteiger partial charge in [-0.1, -0.05) is 12.1 Å². The van der Waals surface area contributed by atoms with Crippen LogP contribution in [0.2, 0.25) is 0 Å². The van der Waals surface area contributed by atoms with E-state index in [4.69, 9.17) is 14.2 Å². The van der Waals surface area contributed by atoms with Crippen molar-refractivity contribution in [2.45, 2.75) is 32.1 Å². The zero-order valence-corrected chi connectivity index (χ0v) is 24.0. The minimum absolute atomic E-state index is 0.155. The van der Waals surface area contributed by atoms with Crippen LogP contribution in [0.4, 0.5) is 5.69 Å². The van der Waals surface area contributed by atoms with Gasteiger partial charge in [-0.3, -0.25) is 24.0 Å². The van der Waals surface area contributed by atoms with Crippen molar-refractivity contribution in [3.63, 3.8) is 0 Å². The highest BCUT2D eigenvalue weighted by Crippen LogP contribution is 2.29. The molecule has 42 heavy (non-hydrogen) atoms. The van der Waals surface area contributed by atoms with E-state index in [9.17, 15) is 14.4 Å². The second kappa shape index (κ2) is 13.0. The molecule has 2 aromatic carbocycles. The number of carbonyl (C=O) groups is 3. The predicted octanol–water partition coefficient (Wildman–Crippen LogP) is 2.41. The lowest BCUT2D eigenvalue weighted by molar-refractivity contribution is -0.125. The molecule has 1 fully saturated rings. The number of rotatable bonds is 5. The number of piperidine rings is 1. The number of anilines is 1. The summed E-state index contributed by atoms with van der Waals surface area (Å²) in [5, 5.41) is 9.99. The highest BCUT2D eigenvalue weighted by atomic mass is 16.5. The molecule has 3 amide bonds. The number of benzene rings is 2. The molecule has 2 aliphatic rings. The van der Waals surface area contributed by atoms with E-state index in [0.29, 0.717) is 61.2 Å². The molecule has 222 valence electrons. The lowest BCUT2D eigenvalue weighted by atomic mass is 10.0. The van der Waals surface area contributed by atoms with Crippen LogP contribution in [0.5, 0.6) is 17.2 Å². The van der Waals surface area contributed by atoms with Crippen LogP contribution in [-0.2, 0) is 28.0 Å². The summed E-state index contributed by atoms with van der Waals surface area (Å²) >= 11 is 0. The van der Waals surface area contributed by atoms with Crippen molar-refractivity contribution < 1.29 is 28.6 Å². The van der Waals surface area contributed by atoms with E-state index in [0.717, 1.165) is 5.56 Å². The summed E-state index contributed by atoms with van der Waals surface area (Å²) in [6.07, 6.45) is 3.64. The van der Waals surface area contributed by atoms with Crippen LogP contribution < -0.4 is 20.1 Å². The molecule has 2 atom stereocenters. The van der Waals surface area contributed by atoms with Gasteiger partial charge in [-0.25, -0.2) is 0 Å². The van der Waals surface area contributed by atoms with Gasteiger partial charge in [-0.05, 0) is 43.2 Å². The van der Waals surface area contributed by atoms with Gasteiger partial charge in [0.25, 0.3) is 5.91 Å². The number of aromatic nitrogens is 2. The van der Waals surface area contributed by atoms with Crippen molar-refractivity contribution in [3.8, 4) is 17.2 Å². The molecule has 2 N–H and O–H groups in total. The molecule has 12 heteroatoms. The van der Waals surface area contributed by atoms with Gasteiger partial charge in [0.05, 0.1) is 50.3 Å². The zero-order chi connectivity index (χ0) is 29.6. The number of fused-ring (bicyclic) bond motifs is 5. The lowest BCUT2D eigenvalue weighted by Crippen LogP contribution is -2.58. The third kappa shape index (κ3) is 7.45. The van der Waals surface area contributed by atoms with E-state index < -0.39 is 0 Å². The van der Waals surface area contributed by atoms with Crippen LogP contribution in [0.25, 0.3) is 0 Å². The summed E-state index contributed by atoms with van der Waals surface area (Å²) in [6.45, 7) is 3.64. The summed E-state index contributed by atoms with van der Waals surface area (Å²) < 4.78 is 19.7. The Kier molecular flexibility index (Phi) is 9.03. The fraction of sp³-hybridized carbons (Fsp3) is 0.400. The number of hydrogen-bond acceptors (Lipinski definition) is 8. The van der Waals surface area contributed by atoms with E-state index in [-0.39, 0.29) is 43.0 Å². The van der Waals surface area contributed by atoms with Gasteiger partial charge in [0, 0.05) is 45.0 Å². The first-order valence-electron chi connectivity index (χ1n) is 14.0. The Morgan fingerprint density at radius 3 is 2.81 bits per heavy atom. The Morgan fingerprint density at radius 1 is 1.17 bits per heavy atom. The number of likely N-dealkylation sites (N-methyl/N-ethyl adjacent to an activating group) is 1. The molecule has 5 rings (SSSR count). The van der Waals surface area contributed by atoms with Crippen LogP contribution >= 0.6 is 0 Å². The monoisotopic (exact) mass is 576 g/mol. The van der Waals surface area contributed by atoms with Gasteiger partial charge < -0.3 is 29.7 Å². The fourth-order valence-corrected chi connectivity index (χ4v) is 5.17. The Labute approximate surface area is 244 Å². The maximum Gasteiger partial charge on any atom is 0.254 e. The molecular weight excluding hydrogens is 540 g/mol. The minimum atomic E-state index is -0.388. The Bertz CT molecular complexity index is 1440. The molecule has 0 unspecified atom stereocenters. The molecule has 0 saturated carbocycles. The average Bonchev–Trinajstić information content (AvgIpc) is 3.35. The quantitative estimate of drug-likeness (QED) is 0.474. The van der Waals surface area contributed by atoms with E-state index >= 15 is 0 Å². The van der Waals surface area contributed by atoms with Crippen molar-refractivity contribution in [2.75, 3.05) is 45.2 Å². The largest absolute Gasteiger partial charge is 0.494 e. The molecule has 0 radical (unpaired) electrons. The molecule has 0 spiro atoms. The topological polar surface area (TPSA) is 127 Å². The predicted molar refractivity (Wildman–Crippen MR) is 154 cm³/mol. The number of carbonyl (C=O) groups excluding carboxylic acids is 3. The molecule has 2 aliphatic heterocycles. The summed E-state index contributed by atoms with van der Waals surface area (Å²) in [5.74, 6) is 0.711. The molecule has 3 heterocycles.